The Labute approximate surface area is 182 Å². The topological polar surface area (TPSA) is 58.9 Å². The molecule has 4 nitrogen and oxygen atoms in total. The van der Waals surface area contributed by atoms with E-state index in [0.29, 0.717) is 11.8 Å². The molecule has 0 bridgehead atoms. The van der Waals surface area contributed by atoms with E-state index in [1.165, 1.54) is 48.7 Å². The van der Waals surface area contributed by atoms with Gasteiger partial charge in [0.05, 0.1) is 11.8 Å². The molecule has 0 spiro atoms. The van der Waals surface area contributed by atoms with Crippen LogP contribution in [0.4, 0.5) is 0 Å². The van der Waals surface area contributed by atoms with E-state index in [1.54, 1.807) is 35.7 Å². The molecule has 1 heterocycles. The van der Waals surface area contributed by atoms with Crippen LogP contribution < -0.4 is 0 Å². The fourth-order valence-corrected chi connectivity index (χ4v) is 8.92. The van der Waals surface area contributed by atoms with Crippen molar-refractivity contribution in [3.05, 3.63) is 0 Å². The summed E-state index contributed by atoms with van der Waals surface area (Å²) in [6.45, 7) is 0. The lowest BCUT2D eigenvalue weighted by Crippen LogP contribution is -2.21. The molecular formula is C16H26N2O2S6. The summed E-state index contributed by atoms with van der Waals surface area (Å²) in [5.41, 5.74) is 0. The minimum Gasteiger partial charge on any atom is -0.211 e. The van der Waals surface area contributed by atoms with Gasteiger partial charge in [0.1, 0.15) is 0 Å². The molecule has 2 atom stereocenters. The van der Waals surface area contributed by atoms with E-state index in [4.69, 9.17) is 0 Å². The van der Waals surface area contributed by atoms with Crippen molar-refractivity contribution in [2.75, 3.05) is 44.9 Å². The zero-order chi connectivity index (χ0) is 18.7. The number of thioether (sulfide) groups is 6. The first kappa shape index (κ1) is 24.9. The zero-order valence-electron chi connectivity index (χ0n) is 14.8. The minimum atomic E-state index is 0.541. The predicted molar refractivity (Wildman–Crippen MR) is 127 cm³/mol. The van der Waals surface area contributed by atoms with E-state index in [-0.39, 0.29) is 0 Å². The van der Waals surface area contributed by atoms with Gasteiger partial charge in [-0.15, -0.1) is 23.5 Å². The van der Waals surface area contributed by atoms with Crippen LogP contribution in [-0.2, 0) is 9.59 Å². The lowest BCUT2D eigenvalue weighted by Gasteiger charge is -2.27. The van der Waals surface area contributed by atoms with Crippen LogP contribution in [0.3, 0.4) is 0 Å². The number of isocyanates is 2. The summed E-state index contributed by atoms with van der Waals surface area (Å²) in [5.74, 6) is 6.09. The summed E-state index contributed by atoms with van der Waals surface area (Å²) in [5, 5.41) is 3.68. The first-order chi connectivity index (χ1) is 12.9. The third-order valence-corrected chi connectivity index (χ3v) is 11.2. The molecular weight excluding hydrogens is 445 g/mol. The summed E-state index contributed by atoms with van der Waals surface area (Å²) < 4.78 is 0. The number of carbonyl (C=O) groups excluding carboxylic acids is 2. The van der Waals surface area contributed by atoms with Crippen LogP contribution in [0.25, 0.3) is 0 Å². The molecule has 0 N–H and O–H groups in total. The highest BCUT2D eigenvalue weighted by Gasteiger charge is 2.21. The van der Waals surface area contributed by atoms with Crippen molar-refractivity contribution >= 4 is 82.7 Å². The second kappa shape index (κ2) is 19.2. The quantitative estimate of drug-likeness (QED) is 0.132. The maximum atomic E-state index is 9.94. The van der Waals surface area contributed by atoms with Gasteiger partial charge in [0.25, 0.3) is 0 Å². The van der Waals surface area contributed by atoms with Gasteiger partial charge in [-0.25, -0.2) is 9.59 Å². The summed E-state index contributed by atoms with van der Waals surface area (Å²) in [7, 11) is 0. The van der Waals surface area contributed by atoms with Gasteiger partial charge in [-0.3, -0.25) is 0 Å². The molecule has 0 aromatic rings. The van der Waals surface area contributed by atoms with Crippen LogP contribution >= 0.6 is 70.6 Å². The number of aliphatic imine (C=N–C) groups is 2. The van der Waals surface area contributed by atoms with Gasteiger partial charge < -0.3 is 0 Å². The average molecular weight is 471 g/mol. The fraction of sp³-hybridized carbons (Fsp3) is 0.875. The molecule has 1 aliphatic rings. The van der Waals surface area contributed by atoms with Crippen LogP contribution in [0.5, 0.6) is 0 Å². The standard InChI is InChI=1S/C16H26N2O2S6/c19-9-17-11-23-13-21-5-1-3-15-7-26-16(8-25-15)4-2-6-22-14-24-12-18-10-20/h15-16H,1-8,11-14H2. The van der Waals surface area contributed by atoms with Crippen LogP contribution in [0, 0.1) is 0 Å². The Bertz CT molecular complexity index is 396. The van der Waals surface area contributed by atoms with E-state index in [2.05, 4.69) is 33.5 Å². The summed E-state index contributed by atoms with van der Waals surface area (Å²) >= 11 is 11.6. The SMILES string of the molecule is O=C=NCSCSCCCC1CSC(CCCSCSCN=C=O)CS1. The maximum absolute atomic E-state index is 9.94. The summed E-state index contributed by atoms with van der Waals surface area (Å²) in [4.78, 5) is 26.9. The molecule has 0 aliphatic carbocycles. The number of hydrogen-bond acceptors (Lipinski definition) is 10. The molecule has 26 heavy (non-hydrogen) atoms. The normalized spacial score (nSPS) is 19.5. The Morgan fingerprint density at radius 2 is 1.23 bits per heavy atom. The lowest BCUT2D eigenvalue weighted by atomic mass is 10.2. The predicted octanol–water partition coefficient (Wildman–Crippen LogP) is 5.20. The monoisotopic (exact) mass is 470 g/mol. The highest BCUT2D eigenvalue weighted by Crippen LogP contribution is 2.34. The number of hydrogen-bond donors (Lipinski definition) is 0. The van der Waals surface area contributed by atoms with Crippen LogP contribution in [-0.4, -0.2) is 67.6 Å². The van der Waals surface area contributed by atoms with Crippen LogP contribution in [0.2, 0.25) is 0 Å². The molecule has 1 saturated heterocycles. The maximum Gasteiger partial charge on any atom is 0.235 e. The van der Waals surface area contributed by atoms with Gasteiger partial charge in [-0.05, 0) is 37.2 Å². The van der Waals surface area contributed by atoms with Crippen LogP contribution in [0.1, 0.15) is 25.7 Å². The van der Waals surface area contributed by atoms with E-state index >= 15 is 0 Å². The first-order valence-electron chi connectivity index (χ1n) is 8.48. The second-order valence-corrected chi connectivity index (χ2v) is 12.9. The molecule has 0 amide bonds. The van der Waals surface area contributed by atoms with Gasteiger partial charge in [-0.1, -0.05) is 0 Å². The molecule has 0 saturated carbocycles. The van der Waals surface area contributed by atoms with Gasteiger partial charge in [0.2, 0.25) is 12.2 Å². The van der Waals surface area contributed by atoms with Crippen molar-refractivity contribution in [3.8, 4) is 0 Å². The minimum absolute atomic E-state index is 0.541. The Kier molecular flexibility index (Phi) is 18.4. The Morgan fingerprint density at radius 3 is 1.62 bits per heavy atom. The van der Waals surface area contributed by atoms with E-state index in [9.17, 15) is 9.59 Å². The first-order valence-corrected chi connectivity index (χ1v) is 15.2. The Morgan fingerprint density at radius 1 is 0.769 bits per heavy atom. The van der Waals surface area contributed by atoms with Gasteiger partial charge >= 0.3 is 0 Å². The fourth-order valence-electron chi connectivity index (χ4n) is 2.20. The van der Waals surface area contributed by atoms with Crippen molar-refractivity contribution in [1.29, 1.82) is 0 Å². The molecule has 0 radical (unpaired) electrons. The highest BCUT2D eigenvalue weighted by molar-refractivity contribution is 8.16. The van der Waals surface area contributed by atoms with Crippen molar-refractivity contribution in [2.45, 2.75) is 36.2 Å². The second-order valence-electron chi connectivity index (χ2n) is 5.41. The Hall–Kier alpha value is 0.860. The molecule has 0 aromatic carbocycles. The van der Waals surface area contributed by atoms with E-state index in [1.807, 2.05) is 23.5 Å². The lowest BCUT2D eigenvalue weighted by molar-refractivity contribution is 0.563. The largest absolute Gasteiger partial charge is 0.235 e. The van der Waals surface area contributed by atoms with Crippen LogP contribution in [0.15, 0.2) is 9.98 Å². The van der Waals surface area contributed by atoms with Crippen molar-refractivity contribution < 1.29 is 9.59 Å². The molecule has 1 fully saturated rings. The number of rotatable bonds is 16. The third-order valence-electron chi connectivity index (χ3n) is 3.44. The molecule has 148 valence electrons. The third kappa shape index (κ3) is 14.9. The molecule has 10 heteroatoms. The molecule has 2 unspecified atom stereocenters. The van der Waals surface area contributed by atoms with E-state index in [0.717, 1.165) is 20.7 Å². The number of nitrogens with zero attached hydrogens (tertiary/aromatic N) is 2. The van der Waals surface area contributed by atoms with Gasteiger partial charge in [0, 0.05) is 32.2 Å². The van der Waals surface area contributed by atoms with Crippen molar-refractivity contribution in [1.82, 2.24) is 0 Å². The summed E-state index contributed by atoms with van der Waals surface area (Å²) in [6, 6.07) is 0. The molecule has 1 rings (SSSR count). The van der Waals surface area contributed by atoms with Crippen molar-refractivity contribution in [3.63, 3.8) is 0 Å². The average Bonchev–Trinajstić information content (AvgIpc) is 2.67. The smallest absolute Gasteiger partial charge is 0.211 e. The van der Waals surface area contributed by atoms with Gasteiger partial charge in [-0.2, -0.15) is 57.0 Å². The van der Waals surface area contributed by atoms with Crippen molar-refractivity contribution in [2.24, 2.45) is 9.98 Å². The Balaban J connectivity index is 1.87. The van der Waals surface area contributed by atoms with Gasteiger partial charge in [0.15, 0.2) is 0 Å². The van der Waals surface area contributed by atoms with E-state index < -0.39 is 0 Å². The molecule has 0 aromatic heterocycles. The zero-order valence-corrected chi connectivity index (χ0v) is 19.7. The molecule has 1 aliphatic heterocycles. The highest BCUT2D eigenvalue weighted by atomic mass is 32.2. The summed E-state index contributed by atoms with van der Waals surface area (Å²) in [6.07, 6.45) is 8.35.